The third kappa shape index (κ3) is 1.21. The molecule has 1 aliphatic heterocycles. The van der Waals surface area contributed by atoms with Gasteiger partial charge in [0.15, 0.2) is 0 Å². The van der Waals surface area contributed by atoms with Crippen molar-refractivity contribution < 1.29 is 9.31 Å². The van der Waals surface area contributed by atoms with Gasteiger partial charge in [0.2, 0.25) is 0 Å². The highest BCUT2D eigenvalue weighted by Gasteiger charge is 2.35. The van der Waals surface area contributed by atoms with Gasteiger partial charge in [0.25, 0.3) is 0 Å². The molecule has 0 radical (unpaired) electrons. The van der Waals surface area contributed by atoms with Crippen molar-refractivity contribution >= 4 is 23.5 Å². The molecule has 0 unspecified atom stereocenters. The summed E-state index contributed by atoms with van der Waals surface area (Å²) in [5.74, 6) is 0.955. The summed E-state index contributed by atoms with van der Waals surface area (Å²) in [5.41, 5.74) is 1.87. The minimum absolute atomic E-state index is 0.471. The lowest BCUT2D eigenvalue weighted by Gasteiger charge is -2.04. The number of hydrogen-bond acceptors (Lipinski definition) is 3. The molecule has 2 aromatic rings. The van der Waals surface area contributed by atoms with E-state index >= 15 is 0 Å². The van der Waals surface area contributed by atoms with Crippen molar-refractivity contribution in [2.24, 2.45) is 0 Å². The summed E-state index contributed by atoms with van der Waals surface area (Å²) in [6, 6.07) is 5.81. The maximum absolute atomic E-state index is 5.48. The number of nitrogens with zero attached hydrogens (tertiary/aromatic N) is 1. The first-order valence-electron chi connectivity index (χ1n) is 4.89. The Bertz CT molecular complexity index is 574. The predicted molar refractivity (Wildman–Crippen MR) is 61.9 cm³/mol. The van der Waals surface area contributed by atoms with Crippen LogP contribution in [0.25, 0.3) is 10.9 Å². The van der Waals surface area contributed by atoms with Gasteiger partial charge in [0.1, 0.15) is 11.5 Å². The number of nitrogens with one attached hydrogen (secondary N) is 1. The number of hydrogen-bond donors (Lipinski definition) is 1. The lowest BCUT2D eigenvalue weighted by molar-refractivity contribution is 0.431. The lowest BCUT2D eigenvalue weighted by atomic mass is 9.77. The molecule has 0 atom stereocenters. The van der Waals surface area contributed by atoms with E-state index < -0.39 is 7.12 Å². The molecule has 1 saturated heterocycles. The van der Waals surface area contributed by atoms with Crippen molar-refractivity contribution in [1.29, 1.82) is 0 Å². The Morgan fingerprint density at radius 1 is 1.19 bits per heavy atom. The predicted octanol–water partition coefficient (Wildman–Crippen LogP) is 1.33. The highest BCUT2D eigenvalue weighted by molar-refractivity contribution is 6.65. The second-order valence-electron chi connectivity index (χ2n) is 3.59. The zero-order valence-corrected chi connectivity index (χ0v) is 8.56. The minimum atomic E-state index is -0.471. The van der Waals surface area contributed by atoms with Crippen LogP contribution >= 0.6 is 0 Å². The fourth-order valence-corrected chi connectivity index (χ4v) is 1.74. The zero-order chi connectivity index (χ0) is 11.1. The number of benzene rings is 1. The van der Waals surface area contributed by atoms with Crippen LogP contribution in [0.3, 0.4) is 0 Å². The van der Waals surface area contributed by atoms with Gasteiger partial charge in [-0.15, -0.1) is 0 Å². The topological polar surface area (TPSA) is 47.1 Å². The van der Waals surface area contributed by atoms with Crippen molar-refractivity contribution in [2.75, 3.05) is 0 Å². The fraction of sp³-hybridized carbons (Fsp3) is 0. The van der Waals surface area contributed by atoms with Crippen LogP contribution < -0.4 is 5.46 Å². The third-order valence-electron chi connectivity index (χ3n) is 2.58. The van der Waals surface area contributed by atoms with Crippen LogP contribution in [0.1, 0.15) is 0 Å². The van der Waals surface area contributed by atoms with E-state index in [2.05, 4.69) is 23.4 Å². The Labute approximate surface area is 92.7 Å². The number of aromatic amines is 1. The van der Waals surface area contributed by atoms with Gasteiger partial charge < -0.3 is 9.31 Å². The zero-order valence-electron chi connectivity index (χ0n) is 8.56. The van der Waals surface area contributed by atoms with Crippen LogP contribution in [0, 0.1) is 0 Å². The van der Waals surface area contributed by atoms with Gasteiger partial charge in [0, 0.05) is 10.8 Å². The van der Waals surface area contributed by atoms with E-state index in [1.54, 1.807) is 6.20 Å². The van der Waals surface area contributed by atoms with Crippen LogP contribution in [0.5, 0.6) is 0 Å². The highest BCUT2D eigenvalue weighted by Crippen LogP contribution is 2.22. The molecule has 5 heteroatoms. The molecule has 78 valence electrons. The number of fused-ring (bicyclic) bond motifs is 1. The average molecular weight is 212 g/mol. The van der Waals surface area contributed by atoms with Gasteiger partial charge in [-0.1, -0.05) is 25.3 Å². The van der Waals surface area contributed by atoms with Crippen LogP contribution in [0.4, 0.5) is 0 Å². The monoisotopic (exact) mass is 212 g/mol. The molecule has 1 aromatic carbocycles. The minimum Gasteiger partial charge on any atom is -0.520 e. The molecular formula is C11H9BN2O2. The Kier molecular flexibility index (Phi) is 1.80. The number of H-pyrrole nitrogens is 1. The van der Waals surface area contributed by atoms with Crippen molar-refractivity contribution in [3.63, 3.8) is 0 Å². The molecule has 1 aliphatic rings. The summed E-state index contributed by atoms with van der Waals surface area (Å²) in [5, 5.41) is 7.87. The fourth-order valence-electron chi connectivity index (χ4n) is 1.74. The maximum atomic E-state index is 5.48. The van der Waals surface area contributed by atoms with Crippen LogP contribution in [-0.4, -0.2) is 17.3 Å². The Morgan fingerprint density at radius 3 is 2.69 bits per heavy atom. The molecule has 0 saturated carbocycles. The maximum Gasteiger partial charge on any atom is 0.633 e. The van der Waals surface area contributed by atoms with Crippen LogP contribution in [-0.2, 0) is 9.31 Å². The van der Waals surface area contributed by atoms with E-state index in [4.69, 9.17) is 9.31 Å². The van der Waals surface area contributed by atoms with E-state index in [1.807, 2.05) is 18.2 Å². The van der Waals surface area contributed by atoms with Gasteiger partial charge in [-0.2, -0.15) is 5.10 Å². The Balaban J connectivity index is 2.09. The quantitative estimate of drug-likeness (QED) is 0.725. The molecule has 0 amide bonds. The van der Waals surface area contributed by atoms with Crippen LogP contribution in [0.15, 0.2) is 49.1 Å². The van der Waals surface area contributed by atoms with Gasteiger partial charge in [-0.25, -0.2) is 0 Å². The molecule has 1 fully saturated rings. The molecule has 3 rings (SSSR count). The average Bonchev–Trinajstić information content (AvgIpc) is 2.85. The third-order valence-corrected chi connectivity index (χ3v) is 2.58. The molecule has 1 N–H and O–H groups in total. The highest BCUT2D eigenvalue weighted by atomic mass is 16.6. The molecule has 16 heavy (non-hydrogen) atoms. The van der Waals surface area contributed by atoms with Crippen LogP contribution in [0.2, 0.25) is 0 Å². The largest absolute Gasteiger partial charge is 0.633 e. The summed E-state index contributed by atoms with van der Waals surface area (Å²) in [6.07, 6.45) is 1.75. The summed E-state index contributed by atoms with van der Waals surface area (Å²) in [4.78, 5) is 0. The summed E-state index contributed by atoms with van der Waals surface area (Å²) < 4.78 is 11.0. The molecule has 1 aromatic heterocycles. The molecule has 0 spiro atoms. The Hall–Kier alpha value is -2.17. The molecule has 0 bridgehead atoms. The first-order chi connectivity index (χ1) is 7.75. The first-order valence-corrected chi connectivity index (χ1v) is 4.89. The Morgan fingerprint density at radius 2 is 1.94 bits per heavy atom. The van der Waals surface area contributed by atoms with Gasteiger partial charge in [0.05, 0.1) is 11.7 Å². The SMILES string of the molecule is C=C1OB(c2cccc3[nH]ncc23)OC1=C. The van der Waals surface area contributed by atoms with E-state index in [1.165, 1.54) is 0 Å². The smallest absolute Gasteiger partial charge is 0.520 e. The number of rotatable bonds is 1. The second-order valence-corrected chi connectivity index (χ2v) is 3.59. The summed E-state index contributed by atoms with van der Waals surface area (Å²) in [6.45, 7) is 7.42. The molecule has 2 heterocycles. The molecule has 0 aliphatic carbocycles. The van der Waals surface area contributed by atoms with Gasteiger partial charge >= 0.3 is 7.12 Å². The summed E-state index contributed by atoms with van der Waals surface area (Å²) in [7, 11) is -0.471. The second kappa shape index (κ2) is 3.16. The van der Waals surface area contributed by atoms with Gasteiger partial charge in [-0.3, -0.25) is 5.10 Å². The van der Waals surface area contributed by atoms with Crippen molar-refractivity contribution in [2.45, 2.75) is 0 Å². The normalized spacial score (nSPS) is 15.4. The summed E-state index contributed by atoms with van der Waals surface area (Å²) >= 11 is 0. The number of aromatic nitrogens is 2. The van der Waals surface area contributed by atoms with Crippen molar-refractivity contribution in [1.82, 2.24) is 10.2 Å². The molecule has 4 nitrogen and oxygen atoms in total. The first kappa shape index (κ1) is 9.09. The van der Waals surface area contributed by atoms with E-state index in [-0.39, 0.29) is 0 Å². The van der Waals surface area contributed by atoms with E-state index in [0.29, 0.717) is 11.5 Å². The van der Waals surface area contributed by atoms with Gasteiger partial charge in [-0.05, 0) is 6.07 Å². The van der Waals surface area contributed by atoms with E-state index in [9.17, 15) is 0 Å². The molecular weight excluding hydrogens is 203 g/mol. The van der Waals surface area contributed by atoms with Crippen molar-refractivity contribution in [3.8, 4) is 0 Å². The van der Waals surface area contributed by atoms with E-state index in [0.717, 1.165) is 16.4 Å². The van der Waals surface area contributed by atoms with Crippen molar-refractivity contribution in [3.05, 3.63) is 49.1 Å². The lowest BCUT2D eigenvalue weighted by Crippen LogP contribution is -2.31. The standard InChI is InChI=1S/C11H9BN2O2/c1-7-8(2)16-12(15-7)10-4-3-5-11-9(10)6-13-14-11/h3-6H,1-2H2,(H,13,14).